The van der Waals surface area contributed by atoms with Gasteiger partial charge in [-0.1, -0.05) is 38.0 Å². The molecule has 162 valence electrons. The zero-order valence-electron chi connectivity index (χ0n) is 17.9. The highest BCUT2D eigenvalue weighted by Gasteiger charge is 2.12. The van der Waals surface area contributed by atoms with Crippen molar-refractivity contribution in [1.29, 1.82) is 0 Å². The molecule has 0 aliphatic carbocycles. The number of allylic oxidation sites excluding steroid dienone is 1. The number of aromatic hydroxyl groups is 1. The van der Waals surface area contributed by atoms with E-state index >= 15 is 0 Å². The van der Waals surface area contributed by atoms with Crippen LogP contribution in [-0.2, 0) is 6.42 Å². The van der Waals surface area contributed by atoms with E-state index in [-0.39, 0.29) is 11.7 Å². The van der Waals surface area contributed by atoms with Crippen molar-refractivity contribution in [3.63, 3.8) is 0 Å². The summed E-state index contributed by atoms with van der Waals surface area (Å²) in [4.78, 5) is 12.6. The second kappa shape index (κ2) is 13.3. The number of carbonyl (C=O) groups is 1. The molecule has 2 rings (SSSR count). The molecule has 30 heavy (non-hydrogen) atoms. The minimum Gasteiger partial charge on any atom is -0.508 e. The van der Waals surface area contributed by atoms with Gasteiger partial charge in [-0.25, -0.2) is 0 Å². The summed E-state index contributed by atoms with van der Waals surface area (Å²) in [6.07, 6.45) is 7.55. The Morgan fingerprint density at radius 2 is 1.77 bits per heavy atom. The van der Waals surface area contributed by atoms with Crippen LogP contribution in [0.3, 0.4) is 0 Å². The molecular weight excluding hydrogens is 378 g/mol. The second-order valence-electron chi connectivity index (χ2n) is 7.17. The molecule has 0 bridgehead atoms. The molecule has 0 heterocycles. The lowest BCUT2D eigenvalue weighted by atomic mass is 10.1. The summed E-state index contributed by atoms with van der Waals surface area (Å²) in [5.41, 5.74) is 1.59. The normalized spacial score (nSPS) is 10.4. The molecular formula is C25H33NO4. The van der Waals surface area contributed by atoms with E-state index in [0.717, 1.165) is 37.7 Å². The number of rotatable bonds is 14. The van der Waals surface area contributed by atoms with Gasteiger partial charge in [0, 0.05) is 12.1 Å². The zero-order chi connectivity index (χ0) is 21.6. The minimum atomic E-state index is -0.151. The molecule has 0 aromatic heterocycles. The summed E-state index contributed by atoms with van der Waals surface area (Å²) in [6, 6.07) is 12.3. The smallest absolute Gasteiger partial charge is 0.251 e. The predicted molar refractivity (Wildman–Crippen MR) is 121 cm³/mol. The molecule has 0 aliphatic rings. The first-order valence-corrected chi connectivity index (χ1v) is 10.7. The number of amides is 1. The quantitative estimate of drug-likeness (QED) is 0.328. The van der Waals surface area contributed by atoms with Crippen LogP contribution in [0.15, 0.2) is 55.1 Å². The van der Waals surface area contributed by atoms with Gasteiger partial charge < -0.3 is 19.9 Å². The van der Waals surface area contributed by atoms with Crippen LogP contribution in [0.1, 0.15) is 54.9 Å². The highest BCUT2D eigenvalue weighted by atomic mass is 16.5. The Kier molecular flexibility index (Phi) is 10.3. The average molecular weight is 412 g/mol. The standard InChI is InChI=1S/C25H33NO4/c1-3-5-7-17-29-23-14-11-21(19-24(23)30-18-8-6-4-2)25(28)26-16-15-20-9-12-22(27)13-10-20/h4,9-14,19,27H,2-3,5-8,15-18H2,1H3,(H,26,28). The molecule has 1 amide bonds. The summed E-state index contributed by atoms with van der Waals surface area (Å²) < 4.78 is 11.8. The van der Waals surface area contributed by atoms with E-state index in [4.69, 9.17) is 9.47 Å². The summed E-state index contributed by atoms with van der Waals surface area (Å²) >= 11 is 0. The van der Waals surface area contributed by atoms with Crippen molar-refractivity contribution < 1.29 is 19.4 Å². The molecule has 5 nitrogen and oxygen atoms in total. The van der Waals surface area contributed by atoms with Gasteiger partial charge in [0.2, 0.25) is 0 Å². The Morgan fingerprint density at radius 3 is 2.50 bits per heavy atom. The van der Waals surface area contributed by atoms with E-state index in [1.165, 1.54) is 0 Å². The number of hydrogen-bond acceptors (Lipinski definition) is 4. The highest BCUT2D eigenvalue weighted by Crippen LogP contribution is 2.29. The molecule has 0 saturated carbocycles. The number of nitrogens with one attached hydrogen (secondary N) is 1. The number of unbranched alkanes of at least 4 members (excludes halogenated alkanes) is 3. The zero-order valence-corrected chi connectivity index (χ0v) is 17.9. The number of carbonyl (C=O) groups excluding carboxylic acids is 1. The van der Waals surface area contributed by atoms with Gasteiger partial charge in [-0.15, -0.1) is 6.58 Å². The van der Waals surface area contributed by atoms with Crippen LogP contribution in [0.25, 0.3) is 0 Å². The molecule has 0 unspecified atom stereocenters. The Balaban J connectivity index is 1.95. The maximum Gasteiger partial charge on any atom is 0.251 e. The number of phenols is 1. The lowest BCUT2D eigenvalue weighted by molar-refractivity contribution is 0.0953. The number of benzene rings is 2. The van der Waals surface area contributed by atoms with Gasteiger partial charge in [-0.3, -0.25) is 4.79 Å². The fraction of sp³-hybridized carbons (Fsp3) is 0.400. The van der Waals surface area contributed by atoms with E-state index in [2.05, 4.69) is 18.8 Å². The second-order valence-corrected chi connectivity index (χ2v) is 7.17. The van der Waals surface area contributed by atoms with E-state index < -0.39 is 0 Å². The van der Waals surface area contributed by atoms with Gasteiger partial charge >= 0.3 is 0 Å². The highest BCUT2D eigenvalue weighted by molar-refractivity contribution is 5.94. The Morgan fingerprint density at radius 1 is 1.03 bits per heavy atom. The van der Waals surface area contributed by atoms with Crippen molar-refractivity contribution in [3.8, 4) is 17.2 Å². The number of hydrogen-bond donors (Lipinski definition) is 2. The summed E-state index contributed by atoms with van der Waals surface area (Å²) in [5.74, 6) is 1.36. The molecule has 2 aromatic carbocycles. The van der Waals surface area contributed by atoms with Crippen LogP contribution in [0.2, 0.25) is 0 Å². The number of ether oxygens (including phenoxy) is 2. The van der Waals surface area contributed by atoms with Crippen LogP contribution in [-0.4, -0.2) is 30.8 Å². The largest absolute Gasteiger partial charge is 0.508 e. The third-order valence-corrected chi connectivity index (χ3v) is 4.66. The van der Waals surface area contributed by atoms with Crippen LogP contribution in [0.4, 0.5) is 0 Å². The molecule has 0 saturated heterocycles. The first-order chi connectivity index (χ1) is 14.6. The van der Waals surface area contributed by atoms with Crippen molar-refractivity contribution in [2.45, 2.75) is 45.4 Å². The van der Waals surface area contributed by atoms with Crippen LogP contribution in [0.5, 0.6) is 17.2 Å². The van der Waals surface area contributed by atoms with Crippen LogP contribution >= 0.6 is 0 Å². The third-order valence-electron chi connectivity index (χ3n) is 4.66. The van der Waals surface area contributed by atoms with Crippen molar-refractivity contribution in [3.05, 3.63) is 66.2 Å². The minimum absolute atomic E-state index is 0.151. The van der Waals surface area contributed by atoms with Gasteiger partial charge in [0.25, 0.3) is 5.91 Å². The fourth-order valence-corrected chi connectivity index (χ4v) is 2.91. The summed E-state index contributed by atoms with van der Waals surface area (Å²) in [6.45, 7) is 7.57. The molecule has 0 aliphatic heterocycles. The van der Waals surface area contributed by atoms with Crippen molar-refractivity contribution in [1.82, 2.24) is 5.32 Å². The van der Waals surface area contributed by atoms with E-state index in [9.17, 15) is 9.90 Å². The van der Waals surface area contributed by atoms with Gasteiger partial charge in [0.15, 0.2) is 11.5 Å². The molecule has 0 fully saturated rings. The Labute approximate surface area is 179 Å². The maximum absolute atomic E-state index is 12.6. The number of phenolic OH excluding ortho intramolecular Hbond substituents is 1. The van der Waals surface area contributed by atoms with E-state index in [1.54, 1.807) is 24.3 Å². The Bertz CT molecular complexity index is 786. The van der Waals surface area contributed by atoms with Crippen molar-refractivity contribution in [2.75, 3.05) is 19.8 Å². The van der Waals surface area contributed by atoms with Gasteiger partial charge in [0.05, 0.1) is 13.2 Å². The van der Waals surface area contributed by atoms with Crippen LogP contribution in [0, 0.1) is 0 Å². The molecule has 0 radical (unpaired) electrons. The van der Waals surface area contributed by atoms with Gasteiger partial charge in [-0.05, 0) is 61.6 Å². The maximum atomic E-state index is 12.6. The SMILES string of the molecule is C=CCCCOc1cc(C(=O)NCCc2ccc(O)cc2)ccc1OCCCCC. The molecule has 2 aromatic rings. The molecule has 0 atom stereocenters. The lowest BCUT2D eigenvalue weighted by Crippen LogP contribution is -2.25. The average Bonchev–Trinajstić information content (AvgIpc) is 2.76. The van der Waals surface area contributed by atoms with E-state index in [1.807, 2.05) is 24.3 Å². The molecule has 0 spiro atoms. The van der Waals surface area contributed by atoms with Crippen molar-refractivity contribution in [2.24, 2.45) is 0 Å². The third kappa shape index (κ3) is 8.19. The first kappa shape index (κ1) is 23.3. The lowest BCUT2D eigenvalue weighted by Gasteiger charge is -2.14. The molecule has 5 heteroatoms. The fourth-order valence-electron chi connectivity index (χ4n) is 2.91. The predicted octanol–water partition coefficient (Wildman–Crippen LogP) is 5.28. The summed E-state index contributed by atoms with van der Waals surface area (Å²) in [5, 5.41) is 12.3. The Hall–Kier alpha value is -2.95. The van der Waals surface area contributed by atoms with Crippen molar-refractivity contribution >= 4 is 5.91 Å². The van der Waals surface area contributed by atoms with E-state index in [0.29, 0.717) is 43.2 Å². The summed E-state index contributed by atoms with van der Waals surface area (Å²) in [7, 11) is 0. The van der Waals surface area contributed by atoms with Gasteiger partial charge in [0.1, 0.15) is 5.75 Å². The van der Waals surface area contributed by atoms with Crippen LogP contribution < -0.4 is 14.8 Å². The monoisotopic (exact) mass is 411 g/mol. The van der Waals surface area contributed by atoms with Gasteiger partial charge in [-0.2, -0.15) is 0 Å². The topological polar surface area (TPSA) is 67.8 Å². The first-order valence-electron chi connectivity index (χ1n) is 10.7. The molecule has 2 N–H and O–H groups in total.